The molecule has 0 aliphatic rings. The molecule has 1 atom stereocenters. The summed E-state index contributed by atoms with van der Waals surface area (Å²) in [4.78, 5) is 1.22. The van der Waals surface area contributed by atoms with Gasteiger partial charge in [-0.3, -0.25) is 0 Å². The Morgan fingerprint density at radius 1 is 1.33 bits per heavy atom. The van der Waals surface area contributed by atoms with Crippen LogP contribution in [0.5, 0.6) is 5.75 Å². The Morgan fingerprint density at radius 2 is 2.10 bits per heavy atom. The van der Waals surface area contributed by atoms with Crippen molar-refractivity contribution < 1.29 is 4.74 Å². The minimum Gasteiger partial charge on any atom is -0.496 e. The first-order valence-corrected chi connectivity index (χ1v) is 9.36. The summed E-state index contributed by atoms with van der Waals surface area (Å²) in [5, 5.41) is 4.26. The average Bonchev–Trinajstić information content (AvgIpc) is 2.80. The van der Waals surface area contributed by atoms with E-state index in [0.717, 1.165) is 32.5 Å². The summed E-state index contributed by atoms with van der Waals surface area (Å²) < 4.78 is 7.66. The van der Waals surface area contributed by atoms with E-state index < -0.39 is 0 Å². The molecule has 1 aromatic carbocycles. The molecular weight excluding hydrogens is 437 g/mol. The van der Waals surface area contributed by atoms with Crippen LogP contribution in [0.2, 0.25) is 5.02 Å². The van der Waals surface area contributed by atoms with Gasteiger partial charge < -0.3 is 10.1 Å². The lowest BCUT2D eigenvalue weighted by atomic mass is 10.0. The van der Waals surface area contributed by atoms with E-state index >= 15 is 0 Å². The summed E-state index contributed by atoms with van der Waals surface area (Å²) in [6.07, 6.45) is 1.07. The van der Waals surface area contributed by atoms with Crippen molar-refractivity contribution in [2.45, 2.75) is 19.4 Å². The monoisotopic (exact) mass is 451 g/mol. The van der Waals surface area contributed by atoms with Gasteiger partial charge in [0.15, 0.2) is 0 Å². The van der Waals surface area contributed by atoms with Crippen LogP contribution in [0.1, 0.15) is 29.8 Å². The average molecular weight is 454 g/mol. The van der Waals surface area contributed by atoms with Gasteiger partial charge in [-0.05, 0) is 63.0 Å². The van der Waals surface area contributed by atoms with Crippen molar-refractivity contribution in [2.24, 2.45) is 0 Å². The third kappa shape index (κ3) is 4.23. The largest absolute Gasteiger partial charge is 0.496 e. The SMILES string of the molecule is CCCNC(c1cc(Br)c(Br)s1)c1ccc(Cl)cc1OC. The van der Waals surface area contributed by atoms with E-state index in [1.165, 1.54) is 4.88 Å². The molecule has 1 unspecified atom stereocenters. The molecule has 0 saturated heterocycles. The Balaban J connectivity index is 2.44. The number of methoxy groups -OCH3 is 1. The first kappa shape index (κ1) is 17.3. The fraction of sp³-hybridized carbons (Fsp3) is 0.333. The number of halogens is 3. The van der Waals surface area contributed by atoms with Gasteiger partial charge in [-0.2, -0.15) is 0 Å². The van der Waals surface area contributed by atoms with Gasteiger partial charge in [0.1, 0.15) is 5.75 Å². The maximum atomic E-state index is 6.07. The van der Waals surface area contributed by atoms with E-state index in [4.69, 9.17) is 16.3 Å². The normalized spacial score (nSPS) is 12.4. The molecule has 2 aromatic rings. The Bertz CT molecular complexity index is 598. The third-order valence-electron chi connectivity index (χ3n) is 3.05. The fourth-order valence-corrected chi connectivity index (χ4v) is 4.43. The van der Waals surface area contributed by atoms with Gasteiger partial charge in [0.25, 0.3) is 0 Å². The highest BCUT2D eigenvalue weighted by molar-refractivity contribution is 9.13. The van der Waals surface area contributed by atoms with Crippen molar-refractivity contribution in [3.8, 4) is 5.75 Å². The van der Waals surface area contributed by atoms with E-state index in [1.807, 2.05) is 18.2 Å². The molecule has 0 spiro atoms. The van der Waals surface area contributed by atoms with Crippen molar-refractivity contribution in [3.63, 3.8) is 0 Å². The summed E-state index contributed by atoms with van der Waals surface area (Å²) in [5.74, 6) is 0.803. The molecule has 0 bridgehead atoms. The van der Waals surface area contributed by atoms with Crippen LogP contribution in [-0.2, 0) is 0 Å². The Kier molecular flexibility index (Phi) is 6.56. The molecule has 0 fully saturated rings. The van der Waals surface area contributed by atoms with Crippen molar-refractivity contribution in [3.05, 3.63) is 48.0 Å². The highest BCUT2D eigenvalue weighted by Gasteiger charge is 2.21. The smallest absolute Gasteiger partial charge is 0.125 e. The molecule has 1 N–H and O–H groups in total. The maximum absolute atomic E-state index is 6.07. The number of benzene rings is 1. The lowest BCUT2D eigenvalue weighted by Crippen LogP contribution is -2.22. The second kappa shape index (κ2) is 7.97. The van der Waals surface area contributed by atoms with Crippen LogP contribution in [-0.4, -0.2) is 13.7 Å². The number of rotatable bonds is 6. The van der Waals surface area contributed by atoms with Gasteiger partial charge in [0.2, 0.25) is 0 Å². The van der Waals surface area contributed by atoms with Crippen LogP contribution in [0, 0.1) is 0 Å². The lowest BCUT2D eigenvalue weighted by molar-refractivity contribution is 0.404. The summed E-state index contributed by atoms with van der Waals surface area (Å²) in [6, 6.07) is 8.00. The first-order valence-electron chi connectivity index (χ1n) is 6.58. The summed E-state index contributed by atoms with van der Waals surface area (Å²) in [6.45, 7) is 3.09. The zero-order valence-corrected chi connectivity index (χ0v) is 16.5. The van der Waals surface area contributed by atoms with Crippen LogP contribution < -0.4 is 10.1 Å². The van der Waals surface area contributed by atoms with Gasteiger partial charge in [-0.1, -0.05) is 24.6 Å². The molecular formula is C15H16Br2ClNOS. The molecule has 1 aromatic heterocycles. The van der Waals surface area contributed by atoms with Crippen molar-refractivity contribution in [1.82, 2.24) is 5.32 Å². The molecule has 21 heavy (non-hydrogen) atoms. The Labute approximate surface area is 151 Å². The van der Waals surface area contributed by atoms with Gasteiger partial charge in [-0.15, -0.1) is 11.3 Å². The molecule has 0 amide bonds. The molecule has 0 aliphatic carbocycles. The number of thiophene rings is 1. The van der Waals surface area contributed by atoms with Crippen molar-refractivity contribution in [2.75, 3.05) is 13.7 Å². The summed E-state index contributed by atoms with van der Waals surface area (Å²) in [5.41, 5.74) is 1.09. The van der Waals surface area contributed by atoms with Crippen LogP contribution in [0.25, 0.3) is 0 Å². The van der Waals surface area contributed by atoms with Gasteiger partial charge >= 0.3 is 0 Å². The highest BCUT2D eigenvalue weighted by Crippen LogP contribution is 2.40. The van der Waals surface area contributed by atoms with Gasteiger partial charge in [0.05, 0.1) is 16.9 Å². The van der Waals surface area contributed by atoms with Crippen molar-refractivity contribution in [1.29, 1.82) is 0 Å². The van der Waals surface area contributed by atoms with E-state index in [2.05, 4.69) is 50.2 Å². The standard InChI is InChI=1S/C15H16Br2ClNOS/c1-3-6-19-14(13-8-11(16)15(17)21-13)10-5-4-9(18)7-12(10)20-2/h4-5,7-8,14,19H,3,6H2,1-2H3. The molecule has 0 radical (unpaired) electrons. The lowest BCUT2D eigenvalue weighted by Gasteiger charge is -2.20. The van der Waals surface area contributed by atoms with Crippen LogP contribution in [0.15, 0.2) is 32.5 Å². The predicted octanol–water partition coefficient (Wildman–Crippen LogP) is 6.02. The van der Waals surface area contributed by atoms with Crippen LogP contribution in [0.3, 0.4) is 0 Å². The molecule has 1 heterocycles. The molecule has 114 valence electrons. The van der Waals surface area contributed by atoms with Gasteiger partial charge in [0, 0.05) is 19.9 Å². The summed E-state index contributed by atoms with van der Waals surface area (Å²) in [7, 11) is 1.67. The number of nitrogens with one attached hydrogen (secondary N) is 1. The minimum absolute atomic E-state index is 0.0877. The Hall–Kier alpha value is -0.0700. The second-order valence-electron chi connectivity index (χ2n) is 4.54. The van der Waals surface area contributed by atoms with Crippen LogP contribution in [0.4, 0.5) is 0 Å². The molecule has 2 rings (SSSR count). The first-order chi connectivity index (χ1) is 10.1. The zero-order chi connectivity index (χ0) is 15.4. The number of hydrogen-bond donors (Lipinski definition) is 1. The quantitative estimate of drug-likeness (QED) is 0.577. The Morgan fingerprint density at radius 3 is 2.67 bits per heavy atom. The number of hydrogen-bond acceptors (Lipinski definition) is 3. The fourth-order valence-electron chi connectivity index (χ4n) is 2.08. The van der Waals surface area contributed by atoms with E-state index in [1.54, 1.807) is 18.4 Å². The minimum atomic E-state index is 0.0877. The third-order valence-corrected chi connectivity index (χ3v) is 6.61. The topological polar surface area (TPSA) is 21.3 Å². The van der Waals surface area contributed by atoms with Gasteiger partial charge in [-0.25, -0.2) is 0 Å². The summed E-state index contributed by atoms with van der Waals surface area (Å²) >= 11 is 14.9. The second-order valence-corrected chi connectivity index (χ2v) is 8.24. The number of ether oxygens (including phenoxy) is 1. The van der Waals surface area contributed by atoms with E-state index in [-0.39, 0.29) is 6.04 Å². The molecule has 6 heteroatoms. The van der Waals surface area contributed by atoms with E-state index in [9.17, 15) is 0 Å². The maximum Gasteiger partial charge on any atom is 0.125 e. The zero-order valence-electron chi connectivity index (χ0n) is 11.8. The molecule has 0 saturated carbocycles. The van der Waals surface area contributed by atoms with E-state index in [0.29, 0.717) is 5.02 Å². The van der Waals surface area contributed by atoms with Crippen molar-refractivity contribution >= 4 is 54.8 Å². The molecule has 0 aliphatic heterocycles. The highest BCUT2D eigenvalue weighted by atomic mass is 79.9. The molecule has 2 nitrogen and oxygen atoms in total. The predicted molar refractivity (Wildman–Crippen MR) is 97.9 cm³/mol. The van der Waals surface area contributed by atoms with Crippen LogP contribution >= 0.6 is 54.8 Å².